The van der Waals surface area contributed by atoms with E-state index in [0.717, 1.165) is 23.8 Å². The summed E-state index contributed by atoms with van der Waals surface area (Å²) in [6.07, 6.45) is 0.500. The Morgan fingerprint density at radius 2 is 2.08 bits per heavy atom. The molecule has 1 saturated carbocycles. The van der Waals surface area contributed by atoms with Crippen LogP contribution in [0.1, 0.15) is 23.5 Å². The van der Waals surface area contributed by atoms with E-state index in [1.54, 1.807) is 12.1 Å². The first-order valence-electron chi connectivity index (χ1n) is 7.58. The molecular weight excluding hydrogens is 316 g/mol. The molecule has 0 aromatic heterocycles. The lowest BCUT2D eigenvalue weighted by atomic mass is 10.1. The highest BCUT2D eigenvalue weighted by molar-refractivity contribution is 5.82. The molecule has 0 saturated heterocycles. The molecule has 0 heterocycles. The van der Waals surface area contributed by atoms with E-state index < -0.39 is 11.6 Å². The van der Waals surface area contributed by atoms with E-state index in [4.69, 9.17) is 4.74 Å². The molecule has 2 aromatic rings. The molecule has 1 aliphatic rings. The topological polar surface area (TPSA) is 58.6 Å². The summed E-state index contributed by atoms with van der Waals surface area (Å²) in [5, 5.41) is 12.5. The van der Waals surface area contributed by atoms with E-state index in [1.807, 2.05) is 0 Å². The molecule has 1 fully saturated rings. The zero-order valence-corrected chi connectivity index (χ0v) is 13.1. The number of hydrogen-bond acceptors (Lipinski definition) is 3. The zero-order valence-electron chi connectivity index (χ0n) is 13.1. The van der Waals surface area contributed by atoms with Gasteiger partial charge in [-0.15, -0.1) is 0 Å². The highest BCUT2D eigenvalue weighted by Crippen LogP contribution is 2.48. The Bertz CT molecular complexity index is 779. The molecule has 6 heteroatoms. The molecular formula is C18H17F2NO3. The summed E-state index contributed by atoms with van der Waals surface area (Å²) in [5.41, 5.74) is 0.966. The summed E-state index contributed by atoms with van der Waals surface area (Å²) in [5.74, 6) is -1.50. The van der Waals surface area contributed by atoms with Crippen LogP contribution >= 0.6 is 0 Å². The van der Waals surface area contributed by atoms with Crippen LogP contribution in [0, 0.1) is 17.6 Å². The minimum atomic E-state index is -0.508. The largest absolute Gasteiger partial charge is 0.504 e. The van der Waals surface area contributed by atoms with E-state index in [9.17, 15) is 18.7 Å². The van der Waals surface area contributed by atoms with Gasteiger partial charge in [-0.25, -0.2) is 8.78 Å². The van der Waals surface area contributed by atoms with Gasteiger partial charge in [0, 0.05) is 12.5 Å². The first kappa shape index (κ1) is 16.2. The lowest BCUT2D eigenvalue weighted by Crippen LogP contribution is -2.24. The van der Waals surface area contributed by atoms with Crippen molar-refractivity contribution in [3.8, 4) is 11.5 Å². The Labute approximate surface area is 138 Å². The highest BCUT2D eigenvalue weighted by Gasteiger charge is 2.45. The number of nitrogens with one attached hydrogen (secondary N) is 1. The van der Waals surface area contributed by atoms with Gasteiger partial charge in [-0.2, -0.15) is 0 Å². The molecule has 0 radical (unpaired) electrons. The van der Waals surface area contributed by atoms with Crippen LogP contribution < -0.4 is 10.1 Å². The number of carbonyl (C=O) groups is 1. The van der Waals surface area contributed by atoms with Crippen LogP contribution in [0.15, 0.2) is 36.4 Å². The molecule has 0 spiro atoms. The molecule has 2 N–H and O–H groups in total. The number of aromatic hydroxyl groups is 1. The second-order valence-corrected chi connectivity index (χ2v) is 5.84. The Balaban J connectivity index is 1.59. The van der Waals surface area contributed by atoms with Crippen molar-refractivity contribution in [2.75, 3.05) is 7.11 Å². The molecule has 4 nitrogen and oxygen atoms in total. The second-order valence-electron chi connectivity index (χ2n) is 5.84. The molecule has 3 rings (SSSR count). The van der Waals surface area contributed by atoms with Crippen molar-refractivity contribution in [1.29, 1.82) is 0 Å². The predicted molar refractivity (Wildman–Crippen MR) is 83.7 cm³/mol. The van der Waals surface area contributed by atoms with E-state index in [-0.39, 0.29) is 35.6 Å². The summed E-state index contributed by atoms with van der Waals surface area (Å²) < 4.78 is 31.9. The minimum absolute atomic E-state index is 0.00428. The molecule has 1 aliphatic carbocycles. The van der Waals surface area contributed by atoms with Crippen LogP contribution in [-0.2, 0) is 11.3 Å². The van der Waals surface area contributed by atoms with Gasteiger partial charge in [0.15, 0.2) is 11.5 Å². The third kappa shape index (κ3) is 3.32. The van der Waals surface area contributed by atoms with Gasteiger partial charge < -0.3 is 15.2 Å². The summed E-state index contributed by atoms with van der Waals surface area (Å²) in [6, 6.07) is 8.14. The summed E-state index contributed by atoms with van der Waals surface area (Å²) in [4.78, 5) is 12.2. The van der Waals surface area contributed by atoms with Crippen molar-refractivity contribution in [2.45, 2.75) is 18.9 Å². The number of rotatable bonds is 5. The third-order valence-electron chi connectivity index (χ3n) is 4.19. The normalized spacial score (nSPS) is 19.0. The summed E-state index contributed by atoms with van der Waals surface area (Å²) in [7, 11) is 1.45. The maximum absolute atomic E-state index is 13.7. The second kappa shape index (κ2) is 6.47. The Hall–Kier alpha value is -2.63. The van der Waals surface area contributed by atoms with Crippen molar-refractivity contribution >= 4 is 5.91 Å². The third-order valence-corrected chi connectivity index (χ3v) is 4.19. The molecule has 126 valence electrons. The monoisotopic (exact) mass is 333 g/mol. The van der Waals surface area contributed by atoms with Crippen molar-refractivity contribution < 1.29 is 23.4 Å². The number of benzene rings is 2. The van der Waals surface area contributed by atoms with Crippen molar-refractivity contribution in [3.63, 3.8) is 0 Å². The van der Waals surface area contributed by atoms with E-state index in [1.165, 1.54) is 13.2 Å². The molecule has 2 atom stereocenters. The van der Waals surface area contributed by atoms with Gasteiger partial charge in [0.05, 0.1) is 7.11 Å². The van der Waals surface area contributed by atoms with Gasteiger partial charge in [0.25, 0.3) is 0 Å². The molecule has 24 heavy (non-hydrogen) atoms. The van der Waals surface area contributed by atoms with Gasteiger partial charge in [-0.1, -0.05) is 6.07 Å². The van der Waals surface area contributed by atoms with Gasteiger partial charge in [-0.05, 0) is 53.8 Å². The maximum atomic E-state index is 13.7. The van der Waals surface area contributed by atoms with Crippen LogP contribution in [0.4, 0.5) is 8.78 Å². The van der Waals surface area contributed by atoms with Crippen LogP contribution in [0.25, 0.3) is 0 Å². The molecule has 0 bridgehead atoms. The number of phenolic OH excluding ortho intramolecular Hbond substituents is 1. The first-order valence-corrected chi connectivity index (χ1v) is 7.58. The summed E-state index contributed by atoms with van der Waals surface area (Å²) >= 11 is 0. The van der Waals surface area contributed by atoms with E-state index in [2.05, 4.69) is 5.32 Å². The fourth-order valence-corrected chi connectivity index (χ4v) is 2.79. The number of hydrogen-bond donors (Lipinski definition) is 2. The van der Waals surface area contributed by atoms with E-state index in [0.29, 0.717) is 12.2 Å². The van der Waals surface area contributed by atoms with Gasteiger partial charge >= 0.3 is 0 Å². The van der Waals surface area contributed by atoms with Crippen molar-refractivity contribution in [3.05, 3.63) is 59.2 Å². The average Bonchev–Trinajstić information content (AvgIpc) is 3.35. The molecule has 0 aliphatic heterocycles. The van der Waals surface area contributed by atoms with Crippen LogP contribution in [0.5, 0.6) is 11.5 Å². The van der Waals surface area contributed by atoms with Crippen LogP contribution in [0.3, 0.4) is 0 Å². The van der Waals surface area contributed by atoms with Gasteiger partial charge in [0.1, 0.15) is 11.6 Å². The average molecular weight is 333 g/mol. The molecule has 2 aromatic carbocycles. The number of ether oxygens (including phenoxy) is 1. The highest BCUT2D eigenvalue weighted by atomic mass is 19.1. The number of phenols is 1. The zero-order chi connectivity index (χ0) is 17.3. The Morgan fingerprint density at radius 3 is 2.79 bits per heavy atom. The van der Waals surface area contributed by atoms with Crippen molar-refractivity contribution in [1.82, 2.24) is 5.32 Å². The lowest BCUT2D eigenvalue weighted by molar-refractivity contribution is -0.122. The summed E-state index contributed by atoms with van der Waals surface area (Å²) in [6.45, 7) is 0.241. The lowest BCUT2D eigenvalue weighted by Gasteiger charge is -2.08. The Kier molecular flexibility index (Phi) is 4.38. The minimum Gasteiger partial charge on any atom is -0.504 e. The van der Waals surface area contributed by atoms with Gasteiger partial charge in [0.2, 0.25) is 5.91 Å². The fraction of sp³-hybridized carbons (Fsp3) is 0.278. The smallest absolute Gasteiger partial charge is 0.224 e. The van der Waals surface area contributed by atoms with E-state index >= 15 is 0 Å². The predicted octanol–water partition coefficient (Wildman–Crippen LogP) is 3.10. The Morgan fingerprint density at radius 1 is 1.29 bits per heavy atom. The number of carbonyl (C=O) groups excluding carboxylic acids is 1. The quantitative estimate of drug-likeness (QED) is 0.884. The maximum Gasteiger partial charge on any atom is 0.224 e. The number of methoxy groups -OCH3 is 1. The van der Waals surface area contributed by atoms with Crippen molar-refractivity contribution in [2.24, 2.45) is 5.92 Å². The number of amides is 1. The standard InChI is InChI=1S/C18H17F2NO3/c1-24-17-5-2-10(6-16(17)22)9-21-18(23)14-8-12(14)13-7-11(19)3-4-15(13)20/h2-7,12,14,22H,8-9H2,1H3,(H,21,23)/t12-,14+/m1/s1. The van der Waals surface area contributed by atoms with Gasteiger partial charge in [-0.3, -0.25) is 4.79 Å². The number of halogens is 2. The first-order chi connectivity index (χ1) is 11.5. The SMILES string of the molecule is COc1ccc(CNC(=O)[C@H]2C[C@@H]2c2cc(F)ccc2F)cc1O. The molecule has 0 unspecified atom stereocenters. The van der Waals surface area contributed by atoms with Crippen LogP contribution in [-0.4, -0.2) is 18.1 Å². The molecule has 1 amide bonds. The van der Waals surface area contributed by atoms with Crippen LogP contribution in [0.2, 0.25) is 0 Å². The fourth-order valence-electron chi connectivity index (χ4n) is 2.79.